The van der Waals surface area contributed by atoms with Crippen LogP contribution in [0, 0.1) is 0 Å². The summed E-state index contributed by atoms with van der Waals surface area (Å²) >= 11 is 0. The van der Waals surface area contributed by atoms with Crippen LogP contribution >= 0.6 is 0 Å². The summed E-state index contributed by atoms with van der Waals surface area (Å²) in [7, 11) is 0. The predicted molar refractivity (Wildman–Crippen MR) is 107 cm³/mol. The average Bonchev–Trinajstić information content (AvgIpc) is 3.02. The third kappa shape index (κ3) is 4.75. The minimum absolute atomic E-state index is 0.0948. The van der Waals surface area contributed by atoms with Gasteiger partial charge >= 0.3 is 11.7 Å². The zero-order valence-electron chi connectivity index (χ0n) is 16.7. The molecule has 1 aliphatic heterocycles. The maximum absolute atomic E-state index is 12.9. The Kier molecular flexibility index (Phi) is 7.36. The maximum Gasteiger partial charge on any atom is 0.363 e. The molecule has 0 amide bonds. The van der Waals surface area contributed by atoms with Gasteiger partial charge in [0.05, 0.1) is 26.4 Å². The van der Waals surface area contributed by atoms with Crippen molar-refractivity contribution in [1.82, 2.24) is 9.55 Å². The van der Waals surface area contributed by atoms with Crippen LogP contribution in [0.1, 0.15) is 12.0 Å². The summed E-state index contributed by atoms with van der Waals surface area (Å²) in [5.41, 5.74) is 3.07. The third-order valence-corrected chi connectivity index (χ3v) is 4.87. The molecule has 5 N–H and O–H groups in total. The van der Waals surface area contributed by atoms with Gasteiger partial charge in [0.25, 0.3) is 5.72 Å². The van der Waals surface area contributed by atoms with Crippen LogP contribution in [0.3, 0.4) is 0 Å². The van der Waals surface area contributed by atoms with E-state index in [2.05, 4.69) is 4.98 Å². The molecule has 0 bridgehead atoms. The molecule has 11 heteroatoms. The number of nitrogen functional groups attached to an aromatic ring is 1. The molecule has 31 heavy (non-hydrogen) atoms. The lowest BCUT2D eigenvalue weighted by Crippen LogP contribution is -2.56. The maximum atomic E-state index is 12.9. The van der Waals surface area contributed by atoms with Gasteiger partial charge in [-0.25, -0.2) is 9.59 Å². The van der Waals surface area contributed by atoms with Gasteiger partial charge in [-0.2, -0.15) is 4.98 Å². The van der Waals surface area contributed by atoms with Crippen molar-refractivity contribution >= 4 is 11.8 Å². The van der Waals surface area contributed by atoms with Crippen LogP contribution in [-0.4, -0.2) is 69.0 Å². The van der Waals surface area contributed by atoms with E-state index in [1.807, 2.05) is 30.3 Å². The van der Waals surface area contributed by atoms with E-state index in [0.717, 1.165) is 11.8 Å². The van der Waals surface area contributed by atoms with E-state index in [1.165, 1.54) is 6.07 Å². The molecule has 0 spiro atoms. The molecule has 0 unspecified atom stereocenters. The van der Waals surface area contributed by atoms with Crippen LogP contribution in [0.5, 0.6) is 0 Å². The van der Waals surface area contributed by atoms with E-state index in [9.17, 15) is 24.9 Å². The van der Waals surface area contributed by atoms with Crippen molar-refractivity contribution in [3.05, 3.63) is 58.6 Å². The van der Waals surface area contributed by atoms with E-state index >= 15 is 0 Å². The van der Waals surface area contributed by atoms with Crippen molar-refractivity contribution < 1.29 is 34.3 Å². The molecule has 4 atom stereocenters. The Balaban J connectivity index is 1.67. The second-order valence-corrected chi connectivity index (χ2v) is 7.00. The molecule has 0 radical (unpaired) electrons. The highest BCUT2D eigenvalue weighted by Gasteiger charge is 2.62. The summed E-state index contributed by atoms with van der Waals surface area (Å²) in [4.78, 5) is 28.8. The molecule has 1 aromatic heterocycles. The summed E-state index contributed by atoms with van der Waals surface area (Å²) in [5.74, 6) is -1.22. The Labute approximate surface area is 177 Å². The van der Waals surface area contributed by atoms with E-state index in [1.54, 1.807) is 0 Å². The Morgan fingerprint density at radius 1 is 1.23 bits per heavy atom. The number of carbonyl (C=O) groups is 1. The summed E-state index contributed by atoms with van der Waals surface area (Å²) in [6.07, 6.45) is -3.41. The van der Waals surface area contributed by atoms with Gasteiger partial charge in [-0.15, -0.1) is 0 Å². The molecule has 2 aromatic rings. The van der Waals surface area contributed by atoms with Crippen molar-refractivity contribution in [2.24, 2.45) is 0 Å². The first-order valence-corrected chi connectivity index (χ1v) is 9.69. The van der Waals surface area contributed by atoms with E-state index < -0.39 is 42.3 Å². The molecular weight excluding hydrogens is 410 g/mol. The number of nitrogens with zero attached hydrogens (tertiary/aromatic N) is 2. The topological polar surface area (TPSA) is 166 Å². The fraction of sp³-hybridized carbons (Fsp3) is 0.450. The molecule has 168 valence electrons. The summed E-state index contributed by atoms with van der Waals surface area (Å²) < 4.78 is 16.9. The highest BCUT2D eigenvalue weighted by atomic mass is 16.6. The predicted octanol–water partition coefficient (Wildman–Crippen LogP) is -1.26. The highest BCUT2D eigenvalue weighted by Crippen LogP contribution is 2.36. The molecule has 3 rings (SSSR count). The van der Waals surface area contributed by atoms with Crippen LogP contribution in [0.2, 0.25) is 0 Å². The SMILES string of the molecule is Nc1ccn([C@]2(C(=O)OCCCOCc3ccccc3)O[C@H](CO)[C@@H](O)[C@H]2O)c(=O)n1. The average molecular weight is 435 g/mol. The number of aliphatic hydroxyl groups is 3. The molecule has 0 aliphatic carbocycles. The standard InChI is InChI=1S/C20H25N3O8/c21-15-7-8-23(19(28)22-15)20(17(26)16(25)14(11-24)31-20)18(27)30-10-4-9-29-12-13-5-2-1-3-6-13/h1-3,5-8,14,16-17,24-26H,4,9-12H2,(H2,21,22,28)/t14-,16-,17-,20+/m1/s1. The fourth-order valence-electron chi connectivity index (χ4n) is 3.28. The quantitative estimate of drug-likeness (QED) is 0.276. The molecule has 1 aliphatic rings. The fourth-order valence-corrected chi connectivity index (χ4v) is 3.28. The van der Waals surface area contributed by atoms with Gasteiger partial charge in [0, 0.05) is 12.6 Å². The number of nitrogens with two attached hydrogens (primary N) is 1. The van der Waals surface area contributed by atoms with Crippen molar-refractivity contribution in [1.29, 1.82) is 0 Å². The zero-order chi connectivity index (χ0) is 22.4. The molecular formula is C20H25N3O8. The number of aromatic nitrogens is 2. The minimum Gasteiger partial charge on any atom is -0.462 e. The monoisotopic (exact) mass is 435 g/mol. The number of rotatable bonds is 9. The molecule has 11 nitrogen and oxygen atoms in total. The number of carbonyl (C=O) groups excluding carboxylic acids is 1. The normalized spacial score (nSPS) is 25.5. The second-order valence-electron chi connectivity index (χ2n) is 7.00. The highest BCUT2D eigenvalue weighted by molar-refractivity contribution is 5.78. The first kappa shape index (κ1) is 22.8. The van der Waals surface area contributed by atoms with E-state index in [4.69, 9.17) is 19.9 Å². The van der Waals surface area contributed by atoms with Crippen LogP contribution in [0.15, 0.2) is 47.4 Å². The smallest absolute Gasteiger partial charge is 0.363 e. The lowest BCUT2D eigenvalue weighted by molar-refractivity contribution is -0.202. The Morgan fingerprint density at radius 3 is 2.61 bits per heavy atom. The summed E-state index contributed by atoms with van der Waals surface area (Å²) in [6, 6.07) is 10.8. The van der Waals surface area contributed by atoms with Gasteiger partial charge in [-0.05, 0) is 11.6 Å². The van der Waals surface area contributed by atoms with E-state index in [-0.39, 0.29) is 12.4 Å². The van der Waals surface area contributed by atoms with Crippen LogP contribution in [0.25, 0.3) is 0 Å². The number of aliphatic hydroxyl groups excluding tert-OH is 3. The van der Waals surface area contributed by atoms with Crippen LogP contribution < -0.4 is 11.4 Å². The van der Waals surface area contributed by atoms with Gasteiger partial charge in [-0.3, -0.25) is 4.57 Å². The second kappa shape index (κ2) is 9.98. The Morgan fingerprint density at radius 2 is 1.97 bits per heavy atom. The van der Waals surface area contributed by atoms with Crippen molar-refractivity contribution in [2.45, 2.75) is 37.1 Å². The lowest BCUT2D eigenvalue weighted by atomic mass is 10.0. The third-order valence-electron chi connectivity index (χ3n) is 4.87. The van der Waals surface area contributed by atoms with Crippen molar-refractivity contribution in [2.75, 3.05) is 25.6 Å². The van der Waals surface area contributed by atoms with Gasteiger partial charge in [0.1, 0.15) is 24.1 Å². The summed E-state index contributed by atoms with van der Waals surface area (Å²) in [5, 5.41) is 30.1. The summed E-state index contributed by atoms with van der Waals surface area (Å²) in [6.45, 7) is -0.0957. The molecule has 0 saturated carbocycles. The van der Waals surface area contributed by atoms with Crippen LogP contribution in [0.4, 0.5) is 5.82 Å². The van der Waals surface area contributed by atoms with E-state index in [0.29, 0.717) is 24.2 Å². The number of esters is 1. The number of hydrogen-bond donors (Lipinski definition) is 4. The van der Waals surface area contributed by atoms with Gasteiger partial charge in [-0.1, -0.05) is 30.3 Å². The largest absolute Gasteiger partial charge is 0.462 e. The molecule has 1 aromatic carbocycles. The number of anilines is 1. The Bertz CT molecular complexity index is 938. The van der Waals surface area contributed by atoms with Crippen molar-refractivity contribution in [3.63, 3.8) is 0 Å². The zero-order valence-corrected chi connectivity index (χ0v) is 16.7. The van der Waals surface area contributed by atoms with Gasteiger partial charge < -0.3 is 35.3 Å². The number of benzene rings is 1. The molecule has 2 heterocycles. The molecule has 1 saturated heterocycles. The van der Waals surface area contributed by atoms with Gasteiger partial charge in [0.2, 0.25) is 0 Å². The number of hydrogen-bond acceptors (Lipinski definition) is 10. The van der Waals surface area contributed by atoms with Crippen LogP contribution in [-0.2, 0) is 31.3 Å². The van der Waals surface area contributed by atoms with Crippen molar-refractivity contribution in [3.8, 4) is 0 Å². The minimum atomic E-state index is -2.42. The molecule has 1 fully saturated rings. The first-order chi connectivity index (χ1) is 14.9. The first-order valence-electron chi connectivity index (χ1n) is 9.69. The number of ether oxygens (including phenoxy) is 3. The Hall–Kier alpha value is -2.83. The lowest BCUT2D eigenvalue weighted by Gasteiger charge is -2.31. The van der Waals surface area contributed by atoms with Gasteiger partial charge in [0.15, 0.2) is 0 Å².